The predicted octanol–water partition coefficient (Wildman–Crippen LogP) is 5.33. The second-order valence-corrected chi connectivity index (χ2v) is 18.0. The molecule has 43 heavy (non-hydrogen) atoms. The Labute approximate surface area is 258 Å². The van der Waals surface area contributed by atoms with Crippen LogP contribution in [-0.2, 0) is 4.74 Å². The van der Waals surface area contributed by atoms with Gasteiger partial charge in [0.25, 0.3) is 0 Å². The normalized spacial score (nSPS) is 54.7. The Morgan fingerprint density at radius 2 is 1.51 bits per heavy atom. The molecule has 1 aliphatic heterocycles. The van der Waals surface area contributed by atoms with Gasteiger partial charge < -0.3 is 30.3 Å². The second-order valence-electron chi connectivity index (χ2n) is 18.0. The van der Waals surface area contributed by atoms with Crippen molar-refractivity contribution in [1.82, 2.24) is 0 Å². The number of aliphatic hydroxyl groups excluding tert-OH is 5. The monoisotopic (exact) mass is 606 g/mol. The van der Waals surface area contributed by atoms with Crippen molar-refractivity contribution in [2.45, 2.75) is 155 Å². The molecule has 0 aromatic heterocycles. The van der Waals surface area contributed by atoms with Crippen LogP contribution in [0.3, 0.4) is 0 Å². The molecule has 5 fully saturated rings. The summed E-state index contributed by atoms with van der Waals surface area (Å²) in [5, 5.41) is 55.2. The van der Waals surface area contributed by atoms with Gasteiger partial charge in [-0.15, -0.1) is 0 Å². The number of hydrogen-bond acceptors (Lipinski definition) is 6. The summed E-state index contributed by atoms with van der Waals surface area (Å²) in [7, 11) is 0. The third-order valence-corrected chi connectivity index (χ3v) is 15.5. The number of ether oxygens (including phenoxy) is 1. The molecule has 1 heterocycles. The Bertz CT molecular complexity index is 1120. The average molecular weight is 607 g/mol. The molecule has 7 heteroatoms. The zero-order valence-electron chi connectivity index (χ0n) is 27.7. The zero-order chi connectivity index (χ0) is 31.5. The second kappa shape index (κ2) is 10.2. The molecule has 0 radical (unpaired) electrons. The third-order valence-electron chi connectivity index (χ3n) is 15.5. The Hall–Kier alpha value is -0.570. The molecule has 14 atom stereocenters. The number of alkyl halides is 1. The van der Waals surface area contributed by atoms with E-state index in [0.29, 0.717) is 11.8 Å². The van der Waals surface area contributed by atoms with Crippen molar-refractivity contribution >= 4 is 0 Å². The maximum absolute atomic E-state index is 13.8. The van der Waals surface area contributed by atoms with Gasteiger partial charge in [0.2, 0.25) is 0 Å². The zero-order valence-corrected chi connectivity index (χ0v) is 27.7. The van der Waals surface area contributed by atoms with Gasteiger partial charge in [0.05, 0.1) is 12.2 Å². The first kappa shape index (κ1) is 32.4. The van der Waals surface area contributed by atoms with Crippen LogP contribution in [0.4, 0.5) is 4.39 Å². The van der Waals surface area contributed by atoms with Gasteiger partial charge in [0.15, 0.2) is 0 Å². The van der Waals surface area contributed by atoms with Gasteiger partial charge in [-0.25, -0.2) is 4.39 Å². The van der Waals surface area contributed by atoms with Gasteiger partial charge in [-0.3, -0.25) is 0 Å². The molecular formula is C36H59FO6. The van der Waals surface area contributed by atoms with Gasteiger partial charge in [0, 0.05) is 5.41 Å². The van der Waals surface area contributed by atoms with Crippen LogP contribution in [0.1, 0.15) is 113 Å². The molecule has 5 aliphatic carbocycles. The van der Waals surface area contributed by atoms with E-state index in [0.717, 1.165) is 64.2 Å². The molecule has 0 amide bonds. The quantitative estimate of drug-likeness (QED) is 0.278. The van der Waals surface area contributed by atoms with E-state index in [-0.39, 0.29) is 39.1 Å². The fourth-order valence-corrected chi connectivity index (χ4v) is 12.5. The summed E-state index contributed by atoms with van der Waals surface area (Å²) in [4.78, 5) is 0. The minimum Gasteiger partial charge on any atom is -0.393 e. The fourth-order valence-electron chi connectivity index (χ4n) is 12.5. The van der Waals surface area contributed by atoms with Crippen LogP contribution in [0.25, 0.3) is 0 Å². The standard InChI is InChI=1S/C36H59FO6/c1-31(2)14-16-36(30(42)29-28(41)27(40)26(39)22(19-37)43-29)17-15-34(6)20(21(36)18-31)8-9-24-33(5)12-11-25(38)32(3,4)23(33)10-13-35(24,34)7/h8,21-30,38-42H,9-19H2,1-7H3/t21?,22?,23?,24?,25-,26+,27-,28?,29+,30?,33-,34+,35+,36-/m0/s1. The first-order valence-corrected chi connectivity index (χ1v) is 17.2. The highest BCUT2D eigenvalue weighted by molar-refractivity contribution is 5.34. The summed E-state index contributed by atoms with van der Waals surface area (Å²) in [5.41, 5.74) is 1.06. The van der Waals surface area contributed by atoms with Gasteiger partial charge >= 0.3 is 0 Å². The van der Waals surface area contributed by atoms with E-state index in [1.165, 1.54) is 5.57 Å². The summed E-state index contributed by atoms with van der Waals surface area (Å²) in [6.45, 7) is 15.7. The number of fused-ring (bicyclic) bond motifs is 7. The third kappa shape index (κ3) is 4.30. The fraction of sp³-hybridized carbons (Fsp3) is 0.944. The summed E-state index contributed by atoms with van der Waals surface area (Å²) >= 11 is 0. The van der Waals surface area contributed by atoms with Crippen LogP contribution >= 0.6 is 0 Å². The van der Waals surface area contributed by atoms with E-state index < -0.39 is 48.7 Å². The average Bonchev–Trinajstić information content (AvgIpc) is 2.94. The van der Waals surface area contributed by atoms with Crippen LogP contribution in [-0.4, -0.2) is 74.9 Å². The highest BCUT2D eigenvalue weighted by Gasteiger charge is 2.69. The lowest BCUT2D eigenvalue weighted by atomic mass is 9.33. The van der Waals surface area contributed by atoms with Crippen LogP contribution in [0, 0.1) is 50.2 Å². The van der Waals surface area contributed by atoms with E-state index in [2.05, 4.69) is 54.5 Å². The SMILES string of the molecule is CC1(C)CC[C@]2(C(O)[C@@H]3OC(CF)[C@@H](O)[C@H](O)C3O)CC[C@]3(C)C(=CCC4[C@@]5(C)CC[C@H](O)C(C)(C)C5CC[C@]43C)C2C1. The molecule has 4 saturated carbocycles. The van der Waals surface area contributed by atoms with Crippen molar-refractivity contribution in [3.63, 3.8) is 0 Å². The molecule has 6 unspecified atom stereocenters. The topological polar surface area (TPSA) is 110 Å². The van der Waals surface area contributed by atoms with Crippen molar-refractivity contribution in [2.75, 3.05) is 6.67 Å². The summed E-state index contributed by atoms with van der Waals surface area (Å²) < 4.78 is 19.7. The van der Waals surface area contributed by atoms with E-state index in [1.54, 1.807) is 0 Å². The predicted molar refractivity (Wildman–Crippen MR) is 164 cm³/mol. The Morgan fingerprint density at radius 1 is 0.837 bits per heavy atom. The molecule has 246 valence electrons. The van der Waals surface area contributed by atoms with Crippen molar-refractivity contribution in [3.8, 4) is 0 Å². The number of hydrogen-bond donors (Lipinski definition) is 5. The molecule has 0 aromatic carbocycles. The molecule has 6 aliphatic rings. The van der Waals surface area contributed by atoms with Crippen LogP contribution in [0.15, 0.2) is 11.6 Å². The lowest BCUT2D eigenvalue weighted by Gasteiger charge is -2.72. The van der Waals surface area contributed by atoms with E-state index in [1.807, 2.05) is 0 Å². The van der Waals surface area contributed by atoms with Crippen LogP contribution in [0.5, 0.6) is 0 Å². The molecule has 0 aromatic rings. The summed E-state index contributed by atoms with van der Waals surface area (Å²) in [6.07, 6.45) is 3.65. The molecule has 6 rings (SSSR count). The lowest BCUT2D eigenvalue weighted by Crippen LogP contribution is -2.68. The molecule has 6 nitrogen and oxygen atoms in total. The first-order valence-electron chi connectivity index (χ1n) is 17.2. The smallest absolute Gasteiger partial charge is 0.118 e. The number of aliphatic hydroxyl groups is 5. The van der Waals surface area contributed by atoms with Gasteiger partial charge in [-0.05, 0) is 109 Å². The maximum Gasteiger partial charge on any atom is 0.118 e. The Morgan fingerprint density at radius 3 is 2.19 bits per heavy atom. The van der Waals surface area contributed by atoms with Crippen molar-refractivity contribution < 1.29 is 34.7 Å². The van der Waals surface area contributed by atoms with Crippen LogP contribution < -0.4 is 0 Å². The molecule has 1 saturated heterocycles. The van der Waals surface area contributed by atoms with Gasteiger partial charge in [-0.2, -0.15) is 0 Å². The Kier molecular flexibility index (Phi) is 7.69. The number of allylic oxidation sites excluding steroid dienone is 2. The Balaban J connectivity index is 1.40. The maximum atomic E-state index is 13.8. The minimum atomic E-state index is -1.57. The van der Waals surface area contributed by atoms with Crippen LogP contribution in [0.2, 0.25) is 0 Å². The highest BCUT2D eigenvalue weighted by Crippen LogP contribution is 2.76. The highest BCUT2D eigenvalue weighted by atomic mass is 19.1. The largest absolute Gasteiger partial charge is 0.393 e. The summed E-state index contributed by atoms with van der Waals surface area (Å²) in [6, 6.07) is 0. The number of rotatable bonds is 3. The molecule has 0 spiro atoms. The van der Waals surface area contributed by atoms with Crippen molar-refractivity contribution in [3.05, 3.63) is 11.6 Å². The molecular weight excluding hydrogens is 547 g/mol. The van der Waals surface area contributed by atoms with E-state index >= 15 is 0 Å². The van der Waals surface area contributed by atoms with Crippen molar-refractivity contribution in [2.24, 2.45) is 50.2 Å². The van der Waals surface area contributed by atoms with Gasteiger partial charge in [0.1, 0.15) is 37.2 Å². The van der Waals surface area contributed by atoms with E-state index in [4.69, 9.17) is 4.74 Å². The van der Waals surface area contributed by atoms with Crippen molar-refractivity contribution in [1.29, 1.82) is 0 Å². The number of halogens is 1. The summed E-state index contributed by atoms with van der Waals surface area (Å²) in [5.74, 6) is 1.08. The molecule has 0 bridgehead atoms. The van der Waals surface area contributed by atoms with E-state index in [9.17, 15) is 29.9 Å². The van der Waals surface area contributed by atoms with Gasteiger partial charge in [-0.1, -0.05) is 60.1 Å². The minimum absolute atomic E-state index is 0.0470. The first-order chi connectivity index (χ1) is 19.9. The molecule has 5 N–H and O–H groups in total. The lowest BCUT2D eigenvalue weighted by molar-refractivity contribution is -0.270.